The maximum absolute atomic E-state index is 9.10. The second-order valence-corrected chi connectivity index (χ2v) is 7.16. The molecule has 9 heteroatoms. The molecule has 4 rings (SSSR count). The summed E-state index contributed by atoms with van der Waals surface area (Å²) < 4.78 is 16.3. The molecule has 2 aromatic carbocycles. The van der Waals surface area contributed by atoms with Crippen LogP contribution in [0.1, 0.15) is 11.1 Å². The average molecular weight is 430 g/mol. The second-order valence-electron chi connectivity index (χ2n) is 7.16. The number of piperazine rings is 1. The van der Waals surface area contributed by atoms with E-state index in [4.69, 9.17) is 34.0 Å². The highest BCUT2D eigenvalue weighted by molar-refractivity contribution is 6.27. The highest BCUT2D eigenvalue weighted by atomic mass is 16.7. The van der Waals surface area contributed by atoms with Gasteiger partial charge in [-0.25, -0.2) is 9.59 Å². The lowest BCUT2D eigenvalue weighted by Crippen LogP contribution is -2.45. The van der Waals surface area contributed by atoms with Gasteiger partial charge in [0.05, 0.1) is 7.11 Å². The van der Waals surface area contributed by atoms with Gasteiger partial charge in [0, 0.05) is 44.8 Å². The average Bonchev–Trinajstić information content (AvgIpc) is 3.24. The zero-order valence-corrected chi connectivity index (χ0v) is 17.3. The van der Waals surface area contributed by atoms with E-state index in [2.05, 4.69) is 34.1 Å². The zero-order chi connectivity index (χ0) is 22.2. The van der Waals surface area contributed by atoms with Crippen molar-refractivity contribution in [2.45, 2.75) is 13.1 Å². The van der Waals surface area contributed by atoms with Crippen LogP contribution in [0.25, 0.3) is 0 Å². The Kier molecular flexibility index (Phi) is 7.69. The van der Waals surface area contributed by atoms with Crippen LogP contribution in [0.2, 0.25) is 0 Å². The van der Waals surface area contributed by atoms with Crippen LogP contribution >= 0.6 is 0 Å². The fourth-order valence-electron chi connectivity index (χ4n) is 3.48. The van der Waals surface area contributed by atoms with E-state index in [0.29, 0.717) is 6.79 Å². The quantitative estimate of drug-likeness (QED) is 0.688. The summed E-state index contributed by atoms with van der Waals surface area (Å²) >= 11 is 0. The molecule has 1 saturated heterocycles. The highest BCUT2D eigenvalue weighted by Gasteiger charge is 2.19. The number of carboxylic acid groups (broad SMARTS) is 2. The molecule has 166 valence electrons. The predicted octanol–water partition coefficient (Wildman–Crippen LogP) is 1.90. The van der Waals surface area contributed by atoms with Crippen molar-refractivity contribution >= 4 is 11.9 Å². The summed E-state index contributed by atoms with van der Waals surface area (Å²) in [5, 5.41) is 14.8. The van der Waals surface area contributed by atoms with Crippen LogP contribution in [0.5, 0.6) is 17.2 Å². The molecule has 2 aromatic rings. The van der Waals surface area contributed by atoms with Gasteiger partial charge in [0.15, 0.2) is 11.5 Å². The summed E-state index contributed by atoms with van der Waals surface area (Å²) in [5.74, 6) is -0.951. The van der Waals surface area contributed by atoms with Crippen molar-refractivity contribution in [1.29, 1.82) is 0 Å². The molecular weight excluding hydrogens is 404 g/mol. The third kappa shape index (κ3) is 6.34. The summed E-state index contributed by atoms with van der Waals surface area (Å²) in [5.41, 5.74) is 2.54. The first kappa shape index (κ1) is 22.4. The van der Waals surface area contributed by atoms with Crippen LogP contribution in [-0.2, 0) is 22.7 Å². The molecule has 1 fully saturated rings. The number of benzene rings is 2. The number of methoxy groups -OCH3 is 1. The first-order chi connectivity index (χ1) is 15.0. The van der Waals surface area contributed by atoms with Crippen LogP contribution in [0.15, 0.2) is 42.5 Å². The third-order valence-corrected chi connectivity index (χ3v) is 5.08. The third-order valence-electron chi connectivity index (χ3n) is 5.08. The van der Waals surface area contributed by atoms with Gasteiger partial charge in [-0.1, -0.05) is 24.3 Å². The first-order valence-electron chi connectivity index (χ1n) is 9.87. The van der Waals surface area contributed by atoms with Crippen LogP contribution in [0, 0.1) is 0 Å². The number of para-hydroxylation sites is 1. The van der Waals surface area contributed by atoms with Crippen molar-refractivity contribution in [3.8, 4) is 17.2 Å². The minimum absolute atomic E-state index is 0.334. The Morgan fingerprint density at radius 2 is 1.52 bits per heavy atom. The van der Waals surface area contributed by atoms with E-state index < -0.39 is 11.9 Å². The maximum atomic E-state index is 9.10. The van der Waals surface area contributed by atoms with Crippen molar-refractivity contribution in [1.82, 2.24) is 9.80 Å². The van der Waals surface area contributed by atoms with E-state index in [1.54, 1.807) is 7.11 Å². The van der Waals surface area contributed by atoms with Crippen molar-refractivity contribution in [3.63, 3.8) is 0 Å². The van der Waals surface area contributed by atoms with E-state index in [-0.39, 0.29) is 0 Å². The Balaban J connectivity index is 0.000000401. The fraction of sp³-hybridized carbons (Fsp3) is 0.364. The Labute approximate surface area is 180 Å². The van der Waals surface area contributed by atoms with E-state index >= 15 is 0 Å². The molecule has 2 aliphatic heterocycles. The van der Waals surface area contributed by atoms with E-state index in [1.807, 2.05) is 18.2 Å². The lowest BCUT2D eigenvalue weighted by molar-refractivity contribution is -0.159. The standard InChI is InChI=1S/C20H24N2O3.C2H2O4/c1-23-18-5-3-2-4-17(18)14-22-10-8-21(9-11-22)13-16-6-7-19-20(12-16)25-15-24-19;3-1(4)2(5)6/h2-7,12H,8-11,13-15H2,1H3;(H,3,4)(H,5,6). The van der Waals surface area contributed by atoms with Crippen molar-refractivity contribution in [2.75, 3.05) is 40.1 Å². The number of aliphatic carboxylic acids is 2. The molecule has 0 aromatic heterocycles. The normalized spacial score (nSPS) is 15.6. The lowest BCUT2D eigenvalue weighted by Gasteiger charge is -2.35. The molecule has 0 bridgehead atoms. The minimum atomic E-state index is -1.82. The van der Waals surface area contributed by atoms with E-state index in [1.165, 1.54) is 11.1 Å². The summed E-state index contributed by atoms with van der Waals surface area (Å²) in [6.07, 6.45) is 0. The molecule has 9 nitrogen and oxygen atoms in total. The monoisotopic (exact) mass is 430 g/mol. The Morgan fingerprint density at radius 1 is 0.903 bits per heavy atom. The molecule has 31 heavy (non-hydrogen) atoms. The van der Waals surface area contributed by atoms with Gasteiger partial charge >= 0.3 is 11.9 Å². The van der Waals surface area contributed by atoms with E-state index in [0.717, 1.165) is 56.5 Å². The largest absolute Gasteiger partial charge is 0.496 e. The molecule has 0 saturated carbocycles. The molecule has 2 heterocycles. The number of rotatable bonds is 5. The number of carbonyl (C=O) groups is 2. The minimum Gasteiger partial charge on any atom is -0.496 e. The van der Waals surface area contributed by atoms with Gasteiger partial charge in [-0.3, -0.25) is 9.80 Å². The second kappa shape index (κ2) is 10.6. The number of carboxylic acids is 2. The Bertz CT molecular complexity index is 898. The van der Waals surface area contributed by atoms with Crippen molar-refractivity contribution in [2.24, 2.45) is 0 Å². The maximum Gasteiger partial charge on any atom is 0.414 e. The molecular formula is C22H26N2O7. The number of hydrogen-bond acceptors (Lipinski definition) is 7. The van der Waals surface area contributed by atoms with E-state index in [9.17, 15) is 0 Å². The molecule has 0 radical (unpaired) electrons. The molecule has 0 spiro atoms. The zero-order valence-electron chi connectivity index (χ0n) is 17.3. The lowest BCUT2D eigenvalue weighted by atomic mass is 10.1. The number of fused-ring (bicyclic) bond motifs is 1. The summed E-state index contributed by atoms with van der Waals surface area (Å²) in [4.78, 5) is 23.2. The highest BCUT2D eigenvalue weighted by Crippen LogP contribution is 2.32. The summed E-state index contributed by atoms with van der Waals surface area (Å²) in [6.45, 7) is 6.53. The summed E-state index contributed by atoms with van der Waals surface area (Å²) in [6, 6.07) is 14.5. The fourth-order valence-corrected chi connectivity index (χ4v) is 3.48. The van der Waals surface area contributed by atoms with Gasteiger partial charge in [0.25, 0.3) is 0 Å². The molecule has 0 aliphatic carbocycles. The van der Waals surface area contributed by atoms with Gasteiger partial charge in [0.2, 0.25) is 6.79 Å². The SMILES string of the molecule is COc1ccccc1CN1CCN(Cc2ccc3c(c2)OCO3)CC1.O=C(O)C(=O)O. The van der Waals surface area contributed by atoms with Gasteiger partial charge in [-0.05, 0) is 23.8 Å². The number of hydrogen-bond donors (Lipinski definition) is 2. The van der Waals surface area contributed by atoms with Crippen LogP contribution in [0.3, 0.4) is 0 Å². The van der Waals surface area contributed by atoms with Gasteiger partial charge in [-0.2, -0.15) is 0 Å². The topological polar surface area (TPSA) is 109 Å². The smallest absolute Gasteiger partial charge is 0.414 e. The Morgan fingerprint density at radius 3 is 2.16 bits per heavy atom. The number of ether oxygens (including phenoxy) is 3. The molecule has 0 atom stereocenters. The molecule has 0 unspecified atom stereocenters. The van der Waals surface area contributed by atoms with Gasteiger partial charge in [0.1, 0.15) is 5.75 Å². The van der Waals surface area contributed by atoms with Crippen LogP contribution < -0.4 is 14.2 Å². The van der Waals surface area contributed by atoms with Crippen molar-refractivity contribution in [3.05, 3.63) is 53.6 Å². The molecule has 2 aliphatic rings. The predicted molar refractivity (Wildman–Crippen MR) is 111 cm³/mol. The van der Waals surface area contributed by atoms with Gasteiger partial charge < -0.3 is 24.4 Å². The van der Waals surface area contributed by atoms with Crippen LogP contribution in [-0.4, -0.2) is 72.0 Å². The molecule has 2 N–H and O–H groups in total. The Hall–Kier alpha value is -3.30. The first-order valence-corrected chi connectivity index (χ1v) is 9.87. The van der Waals surface area contributed by atoms with Crippen LogP contribution in [0.4, 0.5) is 0 Å². The summed E-state index contributed by atoms with van der Waals surface area (Å²) in [7, 11) is 1.74. The molecule has 0 amide bonds. The van der Waals surface area contributed by atoms with Gasteiger partial charge in [-0.15, -0.1) is 0 Å². The number of nitrogens with zero attached hydrogens (tertiary/aromatic N) is 2. The van der Waals surface area contributed by atoms with Crippen molar-refractivity contribution < 1.29 is 34.0 Å².